The third kappa shape index (κ3) is 5.10. The monoisotopic (exact) mass is 372 g/mol. The summed E-state index contributed by atoms with van der Waals surface area (Å²) in [7, 11) is -4.10. The molecule has 2 amide bonds. The summed E-state index contributed by atoms with van der Waals surface area (Å²) in [5.74, 6) is -0.454. The fourth-order valence-electron chi connectivity index (χ4n) is 1.73. The second-order valence-corrected chi connectivity index (χ2v) is 6.51. The highest BCUT2D eigenvalue weighted by molar-refractivity contribution is 7.87. The summed E-state index contributed by atoms with van der Waals surface area (Å²) in [6.07, 6.45) is 0. The minimum atomic E-state index is -4.10. The highest BCUT2D eigenvalue weighted by atomic mass is 35.5. The molecule has 2 N–H and O–H groups in total. The first kappa shape index (κ1) is 18.0. The largest absolute Gasteiger partial charge is 0.379 e. The van der Waals surface area contributed by atoms with E-state index in [4.69, 9.17) is 15.8 Å². The van der Waals surface area contributed by atoms with Crippen LogP contribution in [0.2, 0.25) is 0 Å². The highest BCUT2D eigenvalue weighted by Gasteiger charge is 2.17. The lowest BCUT2D eigenvalue weighted by Crippen LogP contribution is -2.30. The van der Waals surface area contributed by atoms with E-state index in [9.17, 15) is 17.6 Å². The fraction of sp³-hybridized carbons (Fsp3) is 0.133. The summed E-state index contributed by atoms with van der Waals surface area (Å²) in [6, 6.07) is 9.71. The second kappa shape index (κ2) is 7.98. The van der Waals surface area contributed by atoms with Crippen LogP contribution in [-0.2, 0) is 10.1 Å². The van der Waals surface area contributed by atoms with Crippen LogP contribution >= 0.6 is 11.6 Å². The Hall–Kier alpha value is -2.32. The van der Waals surface area contributed by atoms with Crippen molar-refractivity contribution in [2.45, 2.75) is 4.90 Å². The second-order valence-electron chi connectivity index (χ2n) is 4.59. The highest BCUT2D eigenvalue weighted by Crippen LogP contribution is 2.20. The number of rotatable bonds is 6. The molecule has 0 aliphatic rings. The molecular weight excluding hydrogens is 359 g/mol. The molecule has 0 spiro atoms. The molecule has 2 aromatic rings. The molecule has 0 saturated carbocycles. The number of amides is 2. The van der Waals surface area contributed by atoms with Crippen LogP contribution in [0.25, 0.3) is 0 Å². The molecule has 0 unspecified atom stereocenters. The van der Waals surface area contributed by atoms with Crippen molar-refractivity contribution in [1.82, 2.24) is 5.32 Å². The fourth-order valence-corrected chi connectivity index (χ4v) is 2.75. The molecule has 2 rings (SSSR count). The van der Waals surface area contributed by atoms with Gasteiger partial charge in [0.15, 0.2) is 0 Å². The summed E-state index contributed by atoms with van der Waals surface area (Å²) in [5, 5.41) is 5.02. The Morgan fingerprint density at radius 1 is 1.17 bits per heavy atom. The van der Waals surface area contributed by atoms with E-state index in [2.05, 4.69) is 10.6 Å². The summed E-state index contributed by atoms with van der Waals surface area (Å²) in [5.41, 5.74) is 0.395. The minimum Gasteiger partial charge on any atom is -0.379 e. The Morgan fingerprint density at radius 2 is 1.88 bits per heavy atom. The zero-order valence-corrected chi connectivity index (χ0v) is 13.9. The van der Waals surface area contributed by atoms with Gasteiger partial charge in [-0.2, -0.15) is 8.42 Å². The maximum absolute atomic E-state index is 13.1. The lowest BCUT2D eigenvalue weighted by Gasteiger charge is -2.09. The third-order valence-corrected chi connectivity index (χ3v) is 4.23. The number of hydrogen-bond donors (Lipinski definition) is 2. The zero-order valence-electron chi connectivity index (χ0n) is 12.3. The van der Waals surface area contributed by atoms with E-state index in [-0.39, 0.29) is 16.5 Å². The molecular formula is C15H14ClFN2O4S. The third-order valence-electron chi connectivity index (χ3n) is 2.78. The number of nitrogens with one attached hydrogen (secondary N) is 2. The first-order valence-corrected chi connectivity index (χ1v) is 8.76. The quantitative estimate of drug-likeness (QED) is 0.603. The van der Waals surface area contributed by atoms with Gasteiger partial charge >= 0.3 is 16.1 Å². The van der Waals surface area contributed by atoms with Gasteiger partial charge in [0.25, 0.3) is 0 Å². The summed E-state index contributed by atoms with van der Waals surface area (Å²) in [6.45, 7) is 0.307. The van der Waals surface area contributed by atoms with E-state index >= 15 is 0 Å². The summed E-state index contributed by atoms with van der Waals surface area (Å²) in [4.78, 5) is 11.3. The van der Waals surface area contributed by atoms with E-state index in [1.54, 1.807) is 0 Å². The van der Waals surface area contributed by atoms with Crippen LogP contribution in [-0.4, -0.2) is 26.9 Å². The first-order valence-electron chi connectivity index (χ1n) is 6.81. The zero-order chi connectivity index (χ0) is 17.6. The van der Waals surface area contributed by atoms with Gasteiger partial charge in [-0.3, -0.25) is 0 Å². The molecule has 0 fully saturated rings. The van der Waals surface area contributed by atoms with E-state index in [0.29, 0.717) is 12.2 Å². The van der Waals surface area contributed by atoms with E-state index in [1.165, 1.54) is 42.5 Å². The van der Waals surface area contributed by atoms with E-state index in [0.717, 1.165) is 6.07 Å². The van der Waals surface area contributed by atoms with Crippen molar-refractivity contribution in [3.63, 3.8) is 0 Å². The van der Waals surface area contributed by atoms with E-state index < -0.39 is 22.0 Å². The normalized spacial score (nSPS) is 10.9. The average Bonchev–Trinajstić information content (AvgIpc) is 2.53. The van der Waals surface area contributed by atoms with Crippen LogP contribution in [0, 0.1) is 5.82 Å². The summed E-state index contributed by atoms with van der Waals surface area (Å²) >= 11 is 5.45. The van der Waals surface area contributed by atoms with Gasteiger partial charge in [-0.25, -0.2) is 9.18 Å². The molecule has 9 heteroatoms. The first-order chi connectivity index (χ1) is 11.4. The van der Waals surface area contributed by atoms with Gasteiger partial charge in [0, 0.05) is 24.2 Å². The van der Waals surface area contributed by atoms with Gasteiger partial charge in [0.05, 0.1) is 0 Å². The number of alkyl halides is 1. The number of carbonyl (C=O) groups excluding carboxylic acids is 1. The number of benzene rings is 2. The lowest BCUT2D eigenvalue weighted by atomic mass is 10.3. The molecule has 2 aromatic carbocycles. The van der Waals surface area contributed by atoms with Crippen molar-refractivity contribution >= 4 is 33.4 Å². The number of carbonyl (C=O) groups is 1. The molecule has 0 radical (unpaired) electrons. The van der Waals surface area contributed by atoms with Crippen LogP contribution in [0.1, 0.15) is 0 Å². The summed E-state index contributed by atoms with van der Waals surface area (Å²) < 4.78 is 42.2. The van der Waals surface area contributed by atoms with Gasteiger partial charge in [0.1, 0.15) is 16.5 Å². The van der Waals surface area contributed by atoms with Gasteiger partial charge in [-0.15, -0.1) is 11.6 Å². The Kier molecular flexibility index (Phi) is 5.99. The molecule has 0 aliphatic heterocycles. The molecule has 0 aromatic heterocycles. The molecule has 0 heterocycles. The maximum atomic E-state index is 13.1. The van der Waals surface area contributed by atoms with Crippen LogP contribution in [0.4, 0.5) is 14.9 Å². The SMILES string of the molecule is O=C(NCCCl)Nc1ccc(S(=O)(=O)Oc2cccc(F)c2)cc1. The number of urea groups is 1. The number of anilines is 1. The van der Waals surface area contributed by atoms with Crippen molar-refractivity contribution in [1.29, 1.82) is 0 Å². The van der Waals surface area contributed by atoms with Crippen molar-refractivity contribution in [3.05, 3.63) is 54.3 Å². The van der Waals surface area contributed by atoms with Gasteiger partial charge in [-0.05, 0) is 36.4 Å². The van der Waals surface area contributed by atoms with E-state index in [1.807, 2.05) is 0 Å². The number of halogens is 2. The van der Waals surface area contributed by atoms with Crippen molar-refractivity contribution < 1.29 is 21.8 Å². The van der Waals surface area contributed by atoms with Crippen LogP contribution in [0.5, 0.6) is 5.75 Å². The Labute approximate surface area is 143 Å². The van der Waals surface area contributed by atoms with Crippen LogP contribution < -0.4 is 14.8 Å². The smallest absolute Gasteiger partial charge is 0.339 e. The Balaban J connectivity index is 2.07. The maximum Gasteiger partial charge on any atom is 0.339 e. The van der Waals surface area contributed by atoms with Crippen molar-refractivity contribution in [3.8, 4) is 5.75 Å². The molecule has 0 bridgehead atoms. The lowest BCUT2D eigenvalue weighted by molar-refractivity contribution is 0.252. The minimum absolute atomic E-state index is 0.126. The Morgan fingerprint density at radius 3 is 2.50 bits per heavy atom. The van der Waals surface area contributed by atoms with Gasteiger partial charge in [0.2, 0.25) is 0 Å². The standard InChI is InChI=1S/C15H14ClFN2O4S/c16-8-9-18-15(20)19-12-4-6-14(7-5-12)24(21,22)23-13-3-1-2-11(17)10-13/h1-7,10H,8-9H2,(H2,18,19,20). The predicted octanol–water partition coefficient (Wildman–Crippen LogP) is 2.95. The van der Waals surface area contributed by atoms with Gasteiger partial charge in [-0.1, -0.05) is 6.07 Å². The molecule has 24 heavy (non-hydrogen) atoms. The Bertz CT molecular complexity index is 812. The van der Waals surface area contributed by atoms with Crippen molar-refractivity contribution in [2.75, 3.05) is 17.7 Å². The molecule has 0 saturated heterocycles. The molecule has 6 nitrogen and oxygen atoms in total. The molecule has 0 aliphatic carbocycles. The predicted molar refractivity (Wildman–Crippen MR) is 88.4 cm³/mol. The topological polar surface area (TPSA) is 84.5 Å². The van der Waals surface area contributed by atoms with Crippen molar-refractivity contribution in [2.24, 2.45) is 0 Å². The molecule has 128 valence electrons. The average molecular weight is 373 g/mol. The van der Waals surface area contributed by atoms with Crippen LogP contribution in [0.15, 0.2) is 53.4 Å². The number of hydrogen-bond acceptors (Lipinski definition) is 4. The van der Waals surface area contributed by atoms with Gasteiger partial charge < -0.3 is 14.8 Å². The molecule has 0 atom stereocenters. The van der Waals surface area contributed by atoms with Crippen LogP contribution in [0.3, 0.4) is 0 Å².